The standard InChI is InChI=1S/C51H76Si/c1-9-13-17-22-28-44-34-45(29-23-18-14-10-2)37-49(36-44)52(48-32-26-21-27-33-48,51-42(7)40(5)41(6)43(51)8)50-38-46(30-24-19-15-11-3)35-47(39-50)31-25-20-16-12-4/h21,26-27,32-39,51H,9-20,22-25,28-31H2,1-8H3. The van der Waals surface area contributed by atoms with Gasteiger partial charge in [-0.15, -0.1) is 0 Å². The Labute approximate surface area is 323 Å². The molecular weight excluding hydrogens is 641 g/mol. The monoisotopic (exact) mass is 717 g/mol. The lowest BCUT2D eigenvalue weighted by Gasteiger charge is -2.42. The minimum absolute atomic E-state index is 0.418. The fourth-order valence-corrected chi connectivity index (χ4v) is 15.4. The zero-order valence-electron chi connectivity index (χ0n) is 35.1. The molecule has 0 saturated carbocycles. The van der Waals surface area contributed by atoms with Crippen molar-refractivity contribution in [2.24, 2.45) is 0 Å². The molecule has 0 aliphatic heterocycles. The highest BCUT2D eigenvalue weighted by atomic mass is 28.3. The lowest BCUT2D eigenvalue weighted by Crippen LogP contribution is -2.70. The van der Waals surface area contributed by atoms with Crippen LogP contribution in [0.2, 0.25) is 5.54 Å². The minimum Gasteiger partial charge on any atom is -0.0654 e. The maximum Gasteiger partial charge on any atom is 0.159 e. The Morgan fingerprint density at radius 3 is 1.02 bits per heavy atom. The molecular formula is C51H76Si. The number of hydrogen-bond donors (Lipinski definition) is 0. The third-order valence-corrected chi connectivity index (χ3v) is 17.9. The van der Waals surface area contributed by atoms with E-state index in [1.54, 1.807) is 49.0 Å². The van der Waals surface area contributed by atoms with Crippen LogP contribution >= 0.6 is 0 Å². The molecule has 284 valence electrons. The number of benzene rings is 3. The number of aryl methyl sites for hydroxylation is 4. The summed E-state index contributed by atoms with van der Waals surface area (Å²) in [4.78, 5) is 0. The van der Waals surface area contributed by atoms with E-state index in [-0.39, 0.29) is 0 Å². The van der Waals surface area contributed by atoms with Gasteiger partial charge in [-0.25, -0.2) is 0 Å². The predicted molar refractivity (Wildman–Crippen MR) is 236 cm³/mol. The largest absolute Gasteiger partial charge is 0.159 e. The summed E-state index contributed by atoms with van der Waals surface area (Å²) in [7, 11) is -2.66. The second-order valence-corrected chi connectivity index (χ2v) is 20.5. The van der Waals surface area contributed by atoms with E-state index < -0.39 is 8.07 Å². The minimum atomic E-state index is -2.66. The highest BCUT2D eigenvalue weighted by Gasteiger charge is 2.50. The van der Waals surface area contributed by atoms with E-state index in [2.05, 4.69) is 122 Å². The SMILES string of the molecule is CCCCCCc1cc(CCCCCC)cc([Si](c2ccccc2)(c2cc(CCCCCC)cc(CCCCCC)c2)C2C(C)=C(C)C(C)=C2C)c1. The van der Waals surface area contributed by atoms with E-state index in [0.29, 0.717) is 5.54 Å². The molecule has 0 amide bonds. The van der Waals surface area contributed by atoms with Gasteiger partial charge in [0.25, 0.3) is 0 Å². The Kier molecular flexibility index (Phi) is 17.7. The molecule has 0 radical (unpaired) electrons. The summed E-state index contributed by atoms with van der Waals surface area (Å²) in [6.07, 6.45) is 25.8. The first-order valence-electron chi connectivity index (χ1n) is 22.0. The van der Waals surface area contributed by atoms with Crippen LogP contribution in [-0.4, -0.2) is 8.07 Å². The number of hydrogen-bond acceptors (Lipinski definition) is 0. The van der Waals surface area contributed by atoms with E-state index >= 15 is 0 Å². The molecule has 1 aliphatic carbocycles. The normalized spacial score (nSPS) is 13.9. The summed E-state index contributed by atoms with van der Waals surface area (Å²) >= 11 is 0. The van der Waals surface area contributed by atoms with Crippen molar-refractivity contribution in [1.29, 1.82) is 0 Å². The average molecular weight is 717 g/mol. The van der Waals surface area contributed by atoms with Crippen LogP contribution in [0.25, 0.3) is 0 Å². The lowest BCUT2D eigenvalue weighted by molar-refractivity contribution is 0.661. The third-order valence-electron chi connectivity index (χ3n) is 12.6. The van der Waals surface area contributed by atoms with Crippen molar-refractivity contribution in [2.45, 2.75) is 189 Å². The van der Waals surface area contributed by atoms with Crippen molar-refractivity contribution in [1.82, 2.24) is 0 Å². The van der Waals surface area contributed by atoms with Crippen LogP contribution in [0.3, 0.4) is 0 Å². The lowest BCUT2D eigenvalue weighted by atomic mass is 10.0. The Balaban J connectivity index is 2.05. The highest BCUT2D eigenvalue weighted by molar-refractivity contribution is 7.13. The van der Waals surface area contributed by atoms with Crippen LogP contribution in [0.4, 0.5) is 0 Å². The van der Waals surface area contributed by atoms with E-state index in [9.17, 15) is 0 Å². The molecule has 0 fully saturated rings. The van der Waals surface area contributed by atoms with Gasteiger partial charge in [0.1, 0.15) is 0 Å². The fraction of sp³-hybridized carbons (Fsp3) is 0.569. The maximum absolute atomic E-state index is 2.74. The quantitative estimate of drug-likeness (QED) is 0.0492. The number of unbranched alkanes of at least 4 members (excludes halogenated alkanes) is 12. The molecule has 0 saturated heterocycles. The van der Waals surface area contributed by atoms with E-state index in [1.807, 2.05) is 0 Å². The van der Waals surface area contributed by atoms with Gasteiger partial charge in [-0.2, -0.15) is 0 Å². The molecule has 0 unspecified atom stereocenters. The van der Waals surface area contributed by atoms with Crippen molar-refractivity contribution in [3.63, 3.8) is 0 Å². The molecule has 0 nitrogen and oxygen atoms in total. The first-order chi connectivity index (χ1) is 25.3. The molecule has 52 heavy (non-hydrogen) atoms. The van der Waals surface area contributed by atoms with Gasteiger partial charge in [-0.3, -0.25) is 0 Å². The van der Waals surface area contributed by atoms with Crippen LogP contribution in [-0.2, 0) is 25.7 Å². The van der Waals surface area contributed by atoms with E-state index in [0.717, 1.165) is 0 Å². The number of allylic oxidation sites excluding steroid dienone is 4. The molecule has 0 heterocycles. The molecule has 3 aromatic carbocycles. The van der Waals surface area contributed by atoms with Crippen molar-refractivity contribution in [3.05, 3.63) is 111 Å². The zero-order valence-corrected chi connectivity index (χ0v) is 36.1. The summed E-state index contributed by atoms with van der Waals surface area (Å²) < 4.78 is 0. The van der Waals surface area contributed by atoms with Crippen molar-refractivity contribution < 1.29 is 0 Å². The zero-order chi connectivity index (χ0) is 37.3. The second kappa shape index (κ2) is 21.9. The molecule has 0 bridgehead atoms. The first kappa shape index (κ1) is 42.1. The van der Waals surface area contributed by atoms with Gasteiger partial charge in [0.05, 0.1) is 0 Å². The fourth-order valence-electron chi connectivity index (χ4n) is 9.28. The van der Waals surface area contributed by atoms with Crippen molar-refractivity contribution in [3.8, 4) is 0 Å². The summed E-state index contributed by atoms with van der Waals surface area (Å²) in [6.45, 7) is 19.1. The summed E-state index contributed by atoms with van der Waals surface area (Å²) in [5, 5.41) is 4.90. The van der Waals surface area contributed by atoms with Crippen molar-refractivity contribution >= 4 is 23.6 Å². The number of rotatable bonds is 24. The second-order valence-electron chi connectivity index (χ2n) is 16.5. The van der Waals surface area contributed by atoms with Gasteiger partial charge < -0.3 is 0 Å². The topological polar surface area (TPSA) is 0 Å². The Morgan fingerprint density at radius 1 is 0.385 bits per heavy atom. The van der Waals surface area contributed by atoms with Crippen molar-refractivity contribution in [2.75, 3.05) is 0 Å². The Bertz CT molecular complexity index is 1410. The molecule has 4 rings (SSSR count). The Morgan fingerprint density at radius 2 is 0.712 bits per heavy atom. The highest BCUT2D eigenvalue weighted by Crippen LogP contribution is 2.46. The molecule has 0 aromatic heterocycles. The Hall–Kier alpha value is -2.64. The van der Waals surface area contributed by atoms with Crippen LogP contribution in [0.1, 0.15) is 180 Å². The van der Waals surface area contributed by atoms with Crippen LogP contribution in [0.5, 0.6) is 0 Å². The first-order valence-corrected chi connectivity index (χ1v) is 24.1. The maximum atomic E-state index is 2.74. The smallest absolute Gasteiger partial charge is 0.0654 e. The van der Waals surface area contributed by atoms with E-state index in [4.69, 9.17) is 0 Å². The molecule has 3 aromatic rings. The average Bonchev–Trinajstić information content (AvgIpc) is 3.35. The molecule has 0 N–H and O–H groups in total. The summed E-state index contributed by atoms with van der Waals surface area (Å²) in [5.41, 5.74) is 13.0. The third kappa shape index (κ3) is 10.7. The molecule has 0 spiro atoms. The summed E-state index contributed by atoms with van der Waals surface area (Å²) in [5.74, 6) is 0. The van der Waals surface area contributed by atoms with Gasteiger partial charge in [-0.1, -0.05) is 183 Å². The molecule has 1 aliphatic rings. The van der Waals surface area contributed by atoms with Gasteiger partial charge in [0, 0.05) is 5.54 Å². The summed E-state index contributed by atoms with van der Waals surface area (Å²) in [6, 6.07) is 28.1. The van der Waals surface area contributed by atoms with Crippen LogP contribution in [0.15, 0.2) is 89.0 Å². The van der Waals surface area contributed by atoms with Gasteiger partial charge in [-0.05, 0) is 128 Å². The van der Waals surface area contributed by atoms with Gasteiger partial charge in [0.15, 0.2) is 8.07 Å². The van der Waals surface area contributed by atoms with E-state index in [1.165, 1.54) is 140 Å². The molecule has 1 heteroatoms. The predicted octanol–water partition coefficient (Wildman–Crippen LogP) is 13.7. The van der Waals surface area contributed by atoms with Crippen LogP contribution < -0.4 is 15.6 Å². The van der Waals surface area contributed by atoms with Crippen LogP contribution in [0, 0.1) is 0 Å². The molecule has 0 atom stereocenters. The van der Waals surface area contributed by atoms with Gasteiger partial charge >= 0.3 is 0 Å². The van der Waals surface area contributed by atoms with Gasteiger partial charge in [0.2, 0.25) is 0 Å².